The lowest BCUT2D eigenvalue weighted by Gasteiger charge is -1.97. The first-order chi connectivity index (χ1) is 10.1. The molecule has 22 heavy (non-hydrogen) atoms. The van der Waals surface area contributed by atoms with E-state index in [9.17, 15) is 13.2 Å². The highest BCUT2D eigenvalue weighted by atomic mass is 32.2. The van der Waals surface area contributed by atoms with Gasteiger partial charge < -0.3 is 0 Å². The van der Waals surface area contributed by atoms with E-state index in [1.807, 2.05) is 0 Å². The van der Waals surface area contributed by atoms with Crippen LogP contribution in [0.15, 0.2) is 48.5 Å². The topological polar surface area (TPSA) is 54.4 Å². The van der Waals surface area contributed by atoms with Crippen molar-refractivity contribution in [1.82, 2.24) is 0 Å². The Morgan fingerprint density at radius 2 is 1.23 bits per heavy atom. The molecule has 3 rings (SSSR count). The minimum absolute atomic E-state index is 0.277. The van der Waals surface area contributed by atoms with Crippen LogP contribution in [0.25, 0.3) is 20.2 Å². The van der Waals surface area contributed by atoms with Gasteiger partial charge in [-0.1, -0.05) is 24.3 Å². The van der Waals surface area contributed by atoms with Crippen LogP contribution in [-0.2, 0) is 16.4 Å². The molecule has 3 nitrogen and oxygen atoms in total. The van der Waals surface area contributed by atoms with E-state index in [0.717, 1.165) is 0 Å². The number of benzene rings is 2. The fourth-order valence-electron chi connectivity index (χ4n) is 2.03. The van der Waals surface area contributed by atoms with Crippen molar-refractivity contribution >= 4 is 40.8 Å². The largest absolute Gasteiger partial charge is 0.522 e. The first kappa shape index (κ1) is 16.7. The standard InChI is InChI=1S/C13H11S.CHF3O3S/c1-14-12-8-4-2-6-10(12)11-7-3-5-9-13(11)14;2-1(3,4)8(5,6)7/h2-9H,1H3;(H,5,6,7)/q+1;. The number of thiophene rings is 1. The van der Waals surface area contributed by atoms with Gasteiger partial charge in [0.25, 0.3) is 0 Å². The lowest BCUT2D eigenvalue weighted by molar-refractivity contribution is -0.0510. The van der Waals surface area contributed by atoms with Crippen molar-refractivity contribution in [2.45, 2.75) is 5.51 Å². The molecule has 3 aromatic rings. The number of fused-ring (bicyclic) bond motifs is 3. The van der Waals surface area contributed by atoms with Crippen LogP contribution in [0.1, 0.15) is 0 Å². The number of halogens is 3. The van der Waals surface area contributed by atoms with Gasteiger partial charge in [0.15, 0.2) is 9.40 Å². The van der Waals surface area contributed by atoms with Crippen LogP contribution in [-0.4, -0.2) is 18.5 Å². The third kappa shape index (κ3) is 3.23. The Labute approximate surface area is 127 Å². The van der Waals surface area contributed by atoms with Crippen LogP contribution in [0.4, 0.5) is 13.2 Å². The van der Waals surface area contributed by atoms with E-state index in [2.05, 4.69) is 54.8 Å². The number of rotatable bonds is 0. The van der Waals surface area contributed by atoms with Gasteiger partial charge in [-0.2, -0.15) is 21.6 Å². The molecular weight excluding hydrogens is 337 g/mol. The Balaban J connectivity index is 0.000000192. The zero-order chi connectivity index (χ0) is 16.5. The van der Waals surface area contributed by atoms with Crippen molar-refractivity contribution in [3.63, 3.8) is 0 Å². The summed E-state index contributed by atoms with van der Waals surface area (Å²) in [5, 5.41) is 2.85. The predicted octanol–water partition coefficient (Wildman–Crippen LogP) is 4.67. The smallest absolute Gasteiger partial charge is 0.279 e. The summed E-state index contributed by atoms with van der Waals surface area (Å²) in [5.74, 6) is 0. The summed E-state index contributed by atoms with van der Waals surface area (Å²) in [4.78, 5) is 0. The lowest BCUT2D eigenvalue weighted by atomic mass is 10.2. The maximum atomic E-state index is 10.7. The summed E-state index contributed by atoms with van der Waals surface area (Å²) < 4.78 is 60.5. The van der Waals surface area contributed by atoms with E-state index < -0.39 is 15.6 Å². The highest BCUT2D eigenvalue weighted by Gasteiger charge is 2.44. The van der Waals surface area contributed by atoms with E-state index in [0.29, 0.717) is 0 Å². The van der Waals surface area contributed by atoms with Gasteiger partial charge in [-0.25, -0.2) is 0 Å². The van der Waals surface area contributed by atoms with Gasteiger partial charge in [0.2, 0.25) is 0 Å². The molecular formula is C14H12F3O3S2+. The van der Waals surface area contributed by atoms with Crippen LogP contribution in [0.2, 0.25) is 0 Å². The molecule has 2 aromatic carbocycles. The summed E-state index contributed by atoms with van der Waals surface area (Å²) in [6.45, 7) is 0. The molecule has 1 N–H and O–H groups in total. The molecule has 0 aliphatic carbocycles. The van der Waals surface area contributed by atoms with Gasteiger partial charge in [-0.15, -0.1) is 0 Å². The molecule has 0 saturated carbocycles. The van der Waals surface area contributed by atoms with Gasteiger partial charge in [0, 0.05) is 10.8 Å². The fourth-order valence-corrected chi connectivity index (χ4v) is 3.85. The summed E-state index contributed by atoms with van der Waals surface area (Å²) >= 11 is 0. The second-order valence-electron chi connectivity index (χ2n) is 4.42. The molecule has 1 aromatic heterocycles. The van der Waals surface area contributed by atoms with Crippen molar-refractivity contribution in [3.8, 4) is 0 Å². The minimum atomic E-state index is -5.84. The molecule has 0 atom stereocenters. The van der Waals surface area contributed by atoms with Crippen LogP contribution < -0.4 is 0 Å². The molecule has 0 aliphatic rings. The highest BCUT2D eigenvalue weighted by Crippen LogP contribution is 2.40. The van der Waals surface area contributed by atoms with Crippen molar-refractivity contribution in [1.29, 1.82) is 0 Å². The maximum absolute atomic E-state index is 10.7. The van der Waals surface area contributed by atoms with Gasteiger partial charge in [0.05, 0.1) is 0 Å². The third-order valence-electron chi connectivity index (χ3n) is 3.02. The third-order valence-corrected chi connectivity index (χ3v) is 5.63. The quantitative estimate of drug-likeness (QED) is 0.364. The van der Waals surface area contributed by atoms with Crippen molar-refractivity contribution in [3.05, 3.63) is 48.5 Å². The average Bonchev–Trinajstić information content (AvgIpc) is 2.72. The van der Waals surface area contributed by atoms with E-state index in [-0.39, 0.29) is 10.5 Å². The van der Waals surface area contributed by atoms with Crippen LogP contribution in [0.5, 0.6) is 0 Å². The fraction of sp³-hybridized carbons (Fsp3) is 0.143. The number of hydrogen-bond donors (Lipinski definition) is 1. The Kier molecular flexibility index (Phi) is 4.46. The SMILES string of the molecule is C[s+]1c2ccccc2c2ccccc21.O=S(=O)(O)C(F)(F)F. The van der Waals surface area contributed by atoms with Gasteiger partial charge in [-0.3, -0.25) is 4.55 Å². The summed E-state index contributed by atoms with van der Waals surface area (Å²) in [6, 6.07) is 17.5. The monoisotopic (exact) mass is 349 g/mol. The normalized spacial score (nSPS) is 12.2. The van der Waals surface area contributed by atoms with E-state index in [1.54, 1.807) is 0 Å². The molecule has 0 unspecified atom stereocenters. The lowest BCUT2D eigenvalue weighted by Crippen LogP contribution is -2.21. The molecule has 0 radical (unpaired) electrons. The summed E-state index contributed by atoms with van der Waals surface area (Å²) in [7, 11) is -5.56. The maximum Gasteiger partial charge on any atom is 0.522 e. The highest BCUT2D eigenvalue weighted by molar-refractivity contribution is 7.86. The number of hydrogen-bond acceptors (Lipinski definition) is 2. The molecule has 1 heterocycles. The average molecular weight is 349 g/mol. The Morgan fingerprint density at radius 3 is 1.55 bits per heavy atom. The first-order valence-electron chi connectivity index (χ1n) is 6.01. The van der Waals surface area contributed by atoms with E-state index >= 15 is 0 Å². The second kappa shape index (κ2) is 5.86. The molecule has 0 fully saturated rings. The van der Waals surface area contributed by atoms with Crippen molar-refractivity contribution in [2.24, 2.45) is 6.26 Å². The number of alkyl halides is 3. The molecule has 118 valence electrons. The van der Waals surface area contributed by atoms with Crippen LogP contribution in [0.3, 0.4) is 0 Å². The summed E-state index contributed by atoms with van der Waals surface area (Å²) in [5.41, 5.74) is -5.53. The van der Waals surface area contributed by atoms with E-state index in [1.165, 1.54) is 20.2 Å². The molecule has 0 aliphatic heterocycles. The molecule has 0 bridgehead atoms. The molecule has 0 saturated heterocycles. The van der Waals surface area contributed by atoms with Gasteiger partial charge in [0.1, 0.15) is 6.26 Å². The summed E-state index contributed by atoms with van der Waals surface area (Å²) in [6.07, 6.45) is 2.31. The number of aryl methyl sites for hydroxylation is 1. The Hall–Kier alpha value is -1.64. The van der Waals surface area contributed by atoms with Gasteiger partial charge in [-0.05, 0) is 34.7 Å². The predicted molar refractivity (Wildman–Crippen MR) is 82.5 cm³/mol. The van der Waals surface area contributed by atoms with Crippen LogP contribution >= 0.6 is 10.5 Å². The minimum Gasteiger partial charge on any atom is -0.279 e. The van der Waals surface area contributed by atoms with Crippen molar-refractivity contribution in [2.75, 3.05) is 0 Å². The zero-order valence-electron chi connectivity index (χ0n) is 11.3. The molecule has 0 amide bonds. The second-order valence-corrected chi connectivity index (χ2v) is 7.74. The van der Waals surface area contributed by atoms with Crippen molar-refractivity contribution < 1.29 is 26.1 Å². The zero-order valence-corrected chi connectivity index (χ0v) is 13.0. The molecule has 0 spiro atoms. The Morgan fingerprint density at radius 1 is 0.909 bits per heavy atom. The first-order valence-corrected chi connectivity index (χ1v) is 9.08. The Bertz CT molecular complexity index is 859. The van der Waals surface area contributed by atoms with Gasteiger partial charge >= 0.3 is 15.6 Å². The molecule has 8 heteroatoms. The van der Waals surface area contributed by atoms with Crippen LogP contribution in [0, 0.1) is 0 Å². The van der Waals surface area contributed by atoms with E-state index in [4.69, 9.17) is 13.0 Å².